The molecule has 0 atom stereocenters. The van der Waals surface area contributed by atoms with E-state index in [-0.39, 0.29) is 11.5 Å². The summed E-state index contributed by atoms with van der Waals surface area (Å²) in [6.07, 6.45) is 0. The van der Waals surface area contributed by atoms with Crippen molar-refractivity contribution in [1.82, 2.24) is 4.98 Å². The van der Waals surface area contributed by atoms with E-state index >= 15 is 0 Å². The van der Waals surface area contributed by atoms with E-state index in [1.807, 2.05) is 13.8 Å². The normalized spacial score (nSPS) is 11.1. The Morgan fingerprint density at radius 2 is 2.12 bits per heavy atom. The average molecular weight is 250 g/mol. The lowest BCUT2D eigenvalue weighted by Gasteiger charge is -2.09. The van der Waals surface area contributed by atoms with Crippen LogP contribution in [0, 0.1) is 0 Å². The van der Waals surface area contributed by atoms with Crippen LogP contribution in [0.1, 0.15) is 35.8 Å². The number of hydrogen-bond donors (Lipinski definition) is 1. The zero-order valence-corrected chi connectivity index (χ0v) is 10.3. The van der Waals surface area contributed by atoms with Crippen LogP contribution < -0.4 is 0 Å². The van der Waals surface area contributed by atoms with Crippen LogP contribution in [0.15, 0.2) is 24.3 Å². The minimum absolute atomic E-state index is 0.161. The van der Waals surface area contributed by atoms with Crippen molar-refractivity contribution in [1.29, 1.82) is 0 Å². The van der Waals surface area contributed by atoms with Crippen molar-refractivity contribution < 1.29 is 9.90 Å². The van der Waals surface area contributed by atoms with Gasteiger partial charge in [0, 0.05) is 11.1 Å². The van der Waals surface area contributed by atoms with Gasteiger partial charge in [-0.2, -0.15) is 0 Å². The Morgan fingerprint density at radius 1 is 1.41 bits per heavy atom. The van der Waals surface area contributed by atoms with E-state index in [1.54, 1.807) is 24.3 Å². The minimum atomic E-state index is -0.957. The maximum Gasteiger partial charge on any atom is 0.336 e. The first-order valence-corrected chi connectivity index (χ1v) is 5.71. The Kier molecular flexibility index (Phi) is 3.03. The molecule has 1 aromatic heterocycles. The Labute approximate surface area is 104 Å². The van der Waals surface area contributed by atoms with Crippen molar-refractivity contribution in [2.45, 2.75) is 19.8 Å². The van der Waals surface area contributed by atoms with Gasteiger partial charge in [-0.3, -0.25) is 4.98 Å². The minimum Gasteiger partial charge on any atom is -0.478 e. The van der Waals surface area contributed by atoms with Gasteiger partial charge in [-0.05, 0) is 18.1 Å². The zero-order chi connectivity index (χ0) is 12.6. The fourth-order valence-corrected chi connectivity index (χ4v) is 1.92. The summed E-state index contributed by atoms with van der Waals surface area (Å²) in [5, 5.41) is 10.3. The molecular formula is C13H12ClNO2. The number of benzene rings is 1. The lowest BCUT2D eigenvalue weighted by molar-refractivity contribution is 0.0699. The number of nitrogens with zero attached hydrogens (tertiary/aromatic N) is 1. The summed E-state index contributed by atoms with van der Waals surface area (Å²) in [6.45, 7) is 3.94. The van der Waals surface area contributed by atoms with Crippen molar-refractivity contribution in [3.8, 4) is 0 Å². The first kappa shape index (κ1) is 11.9. The lowest BCUT2D eigenvalue weighted by Crippen LogP contribution is -2.03. The van der Waals surface area contributed by atoms with E-state index in [1.165, 1.54) is 0 Å². The van der Waals surface area contributed by atoms with Gasteiger partial charge >= 0.3 is 5.97 Å². The predicted octanol–water partition coefficient (Wildman–Crippen LogP) is 3.71. The third kappa shape index (κ3) is 2.11. The molecule has 0 spiro atoms. The number of carbonyl (C=O) groups is 1. The van der Waals surface area contributed by atoms with Crippen molar-refractivity contribution >= 4 is 28.5 Å². The number of pyridine rings is 1. The number of para-hydroxylation sites is 1. The van der Waals surface area contributed by atoms with Crippen molar-refractivity contribution in [2.75, 3.05) is 0 Å². The van der Waals surface area contributed by atoms with Gasteiger partial charge in [0.15, 0.2) is 0 Å². The quantitative estimate of drug-likeness (QED) is 0.883. The SMILES string of the molecule is CC(C)c1cc(C(=O)O)c2cccc(Cl)c2n1. The lowest BCUT2D eigenvalue weighted by atomic mass is 10.0. The Bertz CT molecular complexity index is 593. The number of aromatic nitrogens is 1. The Balaban J connectivity index is 2.86. The van der Waals surface area contributed by atoms with Crippen LogP contribution in [0.4, 0.5) is 0 Å². The first-order valence-electron chi connectivity index (χ1n) is 5.33. The van der Waals surface area contributed by atoms with Crippen LogP contribution in [0.2, 0.25) is 5.02 Å². The molecule has 0 fully saturated rings. The largest absolute Gasteiger partial charge is 0.478 e. The predicted molar refractivity (Wildman–Crippen MR) is 67.8 cm³/mol. The summed E-state index contributed by atoms with van der Waals surface area (Å²) in [7, 11) is 0. The number of hydrogen-bond acceptors (Lipinski definition) is 2. The summed E-state index contributed by atoms with van der Waals surface area (Å²) in [5.41, 5.74) is 1.54. The van der Waals surface area contributed by atoms with Crippen LogP contribution in [0.5, 0.6) is 0 Å². The van der Waals surface area contributed by atoms with Gasteiger partial charge in [-0.25, -0.2) is 4.79 Å². The van der Waals surface area contributed by atoms with Crippen LogP contribution >= 0.6 is 11.6 Å². The van der Waals surface area contributed by atoms with Crippen molar-refractivity contribution in [3.05, 3.63) is 40.5 Å². The summed E-state index contributed by atoms with van der Waals surface area (Å²) >= 11 is 6.05. The van der Waals surface area contributed by atoms with Gasteiger partial charge in [-0.15, -0.1) is 0 Å². The molecule has 0 amide bonds. The number of carboxylic acids is 1. The van der Waals surface area contributed by atoms with E-state index in [0.29, 0.717) is 15.9 Å². The molecule has 0 aliphatic heterocycles. The third-order valence-electron chi connectivity index (χ3n) is 2.63. The Morgan fingerprint density at radius 3 is 2.71 bits per heavy atom. The fraction of sp³-hybridized carbons (Fsp3) is 0.231. The molecule has 0 saturated heterocycles. The molecule has 4 heteroatoms. The van der Waals surface area contributed by atoms with E-state index in [4.69, 9.17) is 11.6 Å². The molecule has 0 radical (unpaired) electrons. The molecule has 0 aliphatic rings. The maximum absolute atomic E-state index is 11.2. The van der Waals surface area contributed by atoms with Gasteiger partial charge in [0.25, 0.3) is 0 Å². The molecule has 88 valence electrons. The van der Waals surface area contributed by atoms with Crippen LogP contribution in [0.25, 0.3) is 10.9 Å². The maximum atomic E-state index is 11.2. The van der Waals surface area contributed by atoms with Gasteiger partial charge in [0.1, 0.15) is 0 Å². The highest BCUT2D eigenvalue weighted by Crippen LogP contribution is 2.27. The molecule has 17 heavy (non-hydrogen) atoms. The molecular weight excluding hydrogens is 238 g/mol. The van der Waals surface area contributed by atoms with Gasteiger partial charge < -0.3 is 5.11 Å². The molecule has 1 N–H and O–H groups in total. The molecule has 1 aromatic carbocycles. The third-order valence-corrected chi connectivity index (χ3v) is 2.94. The highest BCUT2D eigenvalue weighted by molar-refractivity contribution is 6.35. The van der Waals surface area contributed by atoms with Crippen LogP contribution in [-0.2, 0) is 0 Å². The zero-order valence-electron chi connectivity index (χ0n) is 9.57. The number of aromatic carboxylic acids is 1. The molecule has 1 heterocycles. The van der Waals surface area contributed by atoms with Gasteiger partial charge in [-0.1, -0.05) is 37.6 Å². The molecule has 0 aliphatic carbocycles. The smallest absolute Gasteiger partial charge is 0.336 e. The fourth-order valence-electron chi connectivity index (χ4n) is 1.71. The highest BCUT2D eigenvalue weighted by atomic mass is 35.5. The van der Waals surface area contributed by atoms with Crippen molar-refractivity contribution in [2.24, 2.45) is 0 Å². The van der Waals surface area contributed by atoms with Gasteiger partial charge in [0.2, 0.25) is 0 Å². The van der Waals surface area contributed by atoms with E-state index in [0.717, 1.165) is 5.69 Å². The number of rotatable bonds is 2. The molecule has 0 bridgehead atoms. The number of halogens is 1. The average Bonchev–Trinajstić information content (AvgIpc) is 2.28. The molecule has 0 unspecified atom stereocenters. The summed E-state index contributed by atoms with van der Waals surface area (Å²) in [5.74, 6) is -0.796. The highest BCUT2D eigenvalue weighted by Gasteiger charge is 2.14. The van der Waals surface area contributed by atoms with Crippen LogP contribution in [-0.4, -0.2) is 16.1 Å². The molecule has 2 rings (SSSR count). The molecule has 2 aromatic rings. The number of carboxylic acid groups (broad SMARTS) is 1. The summed E-state index contributed by atoms with van der Waals surface area (Å²) in [6, 6.07) is 6.79. The second-order valence-corrected chi connectivity index (χ2v) is 4.60. The monoisotopic (exact) mass is 249 g/mol. The van der Waals surface area contributed by atoms with Crippen LogP contribution in [0.3, 0.4) is 0 Å². The molecule has 0 saturated carbocycles. The van der Waals surface area contributed by atoms with E-state index < -0.39 is 5.97 Å². The first-order chi connectivity index (χ1) is 8.00. The second-order valence-electron chi connectivity index (χ2n) is 4.19. The van der Waals surface area contributed by atoms with Gasteiger partial charge in [0.05, 0.1) is 16.1 Å². The van der Waals surface area contributed by atoms with Crippen molar-refractivity contribution in [3.63, 3.8) is 0 Å². The second kappa shape index (κ2) is 4.34. The Hall–Kier alpha value is -1.61. The summed E-state index contributed by atoms with van der Waals surface area (Å²) < 4.78 is 0. The van der Waals surface area contributed by atoms with E-state index in [9.17, 15) is 9.90 Å². The standard InChI is InChI=1S/C13H12ClNO2/c1-7(2)11-6-9(13(16)17)8-4-3-5-10(14)12(8)15-11/h3-7H,1-2H3,(H,16,17). The summed E-state index contributed by atoms with van der Waals surface area (Å²) in [4.78, 5) is 15.7. The van der Waals surface area contributed by atoms with E-state index in [2.05, 4.69) is 4.98 Å². The topological polar surface area (TPSA) is 50.2 Å². The number of fused-ring (bicyclic) bond motifs is 1. The molecule has 3 nitrogen and oxygen atoms in total.